The summed E-state index contributed by atoms with van der Waals surface area (Å²) in [6, 6.07) is 0. The van der Waals surface area contributed by atoms with Crippen LogP contribution in [0.4, 0.5) is 0 Å². The zero-order chi connectivity index (χ0) is 12.6. The Morgan fingerprint density at radius 3 is 2.25 bits per heavy atom. The summed E-state index contributed by atoms with van der Waals surface area (Å²) in [5.74, 6) is 0.247. The predicted octanol–water partition coefficient (Wildman–Crippen LogP) is 2.05. The quantitative estimate of drug-likeness (QED) is 0.717. The summed E-state index contributed by atoms with van der Waals surface area (Å²) >= 11 is 0. The summed E-state index contributed by atoms with van der Waals surface area (Å²) in [5, 5.41) is 0. The van der Waals surface area contributed by atoms with Gasteiger partial charge in [-0.25, -0.2) is 9.13 Å². The molecule has 0 unspecified atom stereocenters. The van der Waals surface area contributed by atoms with Gasteiger partial charge in [0.05, 0.1) is 7.05 Å². The highest BCUT2D eigenvalue weighted by Gasteiger charge is 2.36. The van der Waals surface area contributed by atoms with Crippen molar-refractivity contribution in [1.82, 2.24) is 4.57 Å². The smallest absolute Gasteiger partial charge is 0.243 e. The van der Waals surface area contributed by atoms with Gasteiger partial charge in [0.25, 0.3) is 0 Å². The van der Waals surface area contributed by atoms with Gasteiger partial charge in [0.2, 0.25) is 6.33 Å². The van der Waals surface area contributed by atoms with Crippen molar-refractivity contribution in [2.45, 2.75) is 46.6 Å². The fraction of sp³-hybridized carbons (Fsp3) is 0.692. The Morgan fingerprint density at radius 1 is 1.31 bits per heavy atom. The van der Waals surface area contributed by atoms with Gasteiger partial charge in [-0.15, -0.1) is 0 Å². The van der Waals surface area contributed by atoms with Crippen LogP contribution in [0.5, 0.6) is 0 Å². The number of nitrogens with zero attached hydrogens (tertiary/aromatic N) is 2. The number of hydrogen-bond donors (Lipinski definition) is 0. The van der Waals surface area contributed by atoms with E-state index >= 15 is 0 Å². The second kappa shape index (κ2) is 4.04. The first-order chi connectivity index (χ1) is 7.15. The van der Waals surface area contributed by atoms with Gasteiger partial charge in [0, 0.05) is 11.8 Å². The molecule has 0 aromatic carbocycles. The van der Waals surface area contributed by atoms with Gasteiger partial charge >= 0.3 is 0 Å². The van der Waals surface area contributed by atoms with Gasteiger partial charge in [-0.1, -0.05) is 13.8 Å². The second-order valence-electron chi connectivity index (χ2n) is 5.92. The molecule has 1 aromatic rings. The van der Waals surface area contributed by atoms with E-state index < -0.39 is 0 Å². The minimum Gasteiger partial charge on any atom is -0.299 e. The average molecular weight is 223 g/mol. The molecule has 1 rings (SSSR count). The van der Waals surface area contributed by atoms with Crippen LogP contribution in [0.15, 0.2) is 18.7 Å². The van der Waals surface area contributed by atoms with Crippen LogP contribution in [-0.2, 0) is 17.4 Å². The third-order valence-corrected chi connectivity index (χ3v) is 3.30. The van der Waals surface area contributed by atoms with E-state index in [1.165, 1.54) is 0 Å². The van der Waals surface area contributed by atoms with E-state index in [0.717, 1.165) is 6.42 Å². The fourth-order valence-electron chi connectivity index (χ4n) is 2.11. The maximum absolute atomic E-state index is 11.6. The molecule has 0 spiro atoms. The van der Waals surface area contributed by atoms with Crippen molar-refractivity contribution in [2.75, 3.05) is 0 Å². The first-order valence-electron chi connectivity index (χ1n) is 5.70. The normalized spacial score (nSPS) is 12.9. The number of imidazole rings is 1. The van der Waals surface area contributed by atoms with E-state index in [1.807, 2.05) is 31.7 Å². The van der Waals surface area contributed by atoms with Crippen molar-refractivity contribution in [2.24, 2.45) is 12.5 Å². The minimum atomic E-state index is -0.271. The van der Waals surface area contributed by atoms with Crippen molar-refractivity contribution >= 4 is 5.78 Å². The van der Waals surface area contributed by atoms with Crippen molar-refractivity contribution in [3.63, 3.8) is 0 Å². The van der Waals surface area contributed by atoms with Gasteiger partial charge in [-0.3, -0.25) is 4.79 Å². The van der Waals surface area contributed by atoms with Crippen molar-refractivity contribution in [3.8, 4) is 0 Å². The summed E-state index contributed by atoms with van der Waals surface area (Å²) in [4.78, 5) is 11.6. The summed E-state index contributed by atoms with van der Waals surface area (Å²) in [6.07, 6.45) is 6.96. The lowest BCUT2D eigenvalue weighted by molar-refractivity contribution is -0.671. The molecule has 3 heteroatoms. The summed E-state index contributed by atoms with van der Waals surface area (Å²) in [6.45, 7) is 10.0. The first kappa shape index (κ1) is 12.9. The molecule has 1 aromatic heterocycles. The molecule has 0 amide bonds. The van der Waals surface area contributed by atoms with E-state index in [1.54, 1.807) is 6.92 Å². The highest BCUT2D eigenvalue weighted by molar-refractivity contribution is 5.81. The molecule has 0 atom stereocenters. The molecule has 0 fully saturated rings. The van der Waals surface area contributed by atoms with E-state index in [4.69, 9.17) is 0 Å². The van der Waals surface area contributed by atoms with Crippen LogP contribution in [-0.4, -0.2) is 10.4 Å². The lowest BCUT2D eigenvalue weighted by Gasteiger charge is -2.30. The number of aromatic nitrogens is 2. The molecule has 16 heavy (non-hydrogen) atoms. The third-order valence-electron chi connectivity index (χ3n) is 3.30. The summed E-state index contributed by atoms with van der Waals surface area (Å²) < 4.78 is 4.18. The predicted molar refractivity (Wildman–Crippen MR) is 64.0 cm³/mol. The van der Waals surface area contributed by atoms with Crippen LogP contribution in [0, 0.1) is 5.41 Å². The lowest BCUT2D eigenvalue weighted by Crippen LogP contribution is -2.36. The van der Waals surface area contributed by atoms with Crippen LogP contribution in [0.3, 0.4) is 0 Å². The lowest BCUT2D eigenvalue weighted by atomic mass is 9.77. The van der Waals surface area contributed by atoms with Crippen LogP contribution in [0.2, 0.25) is 0 Å². The van der Waals surface area contributed by atoms with Crippen LogP contribution < -0.4 is 4.57 Å². The first-order valence-corrected chi connectivity index (χ1v) is 5.70. The Kier molecular flexibility index (Phi) is 3.27. The van der Waals surface area contributed by atoms with E-state index in [0.29, 0.717) is 0 Å². The Bertz CT molecular complexity index is 388. The zero-order valence-corrected chi connectivity index (χ0v) is 11.2. The largest absolute Gasteiger partial charge is 0.299 e. The van der Waals surface area contributed by atoms with Gasteiger partial charge in [-0.2, -0.15) is 0 Å². The standard InChI is InChI=1S/C13H23N2O/c1-11(16)12(2,3)9-13(4,5)15-8-7-14(6)10-15/h7-8,10H,9H2,1-6H3/q+1. The molecule has 0 radical (unpaired) electrons. The minimum absolute atomic E-state index is 0.0452. The molecule has 0 saturated heterocycles. The van der Waals surface area contributed by atoms with Crippen LogP contribution in [0.1, 0.15) is 41.0 Å². The van der Waals surface area contributed by atoms with E-state index in [2.05, 4.69) is 30.9 Å². The van der Waals surface area contributed by atoms with Gasteiger partial charge in [0.15, 0.2) is 0 Å². The molecule has 1 heterocycles. The molecule has 0 saturated carbocycles. The van der Waals surface area contributed by atoms with Crippen molar-refractivity contribution in [1.29, 1.82) is 0 Å². The molecule has 0 aliphatic heterocycles. The van der Waals surface area contributed by atoms with Crippen LogP contribution in [0.25, 0.3) is 0 Å². The Labute approximate surface area is 98.1 Å². The monoisotopic (exact) mass is 223 g/mol. The van der Waals surface area contributed by atoms with Gasteiger partial charge in [0.1, 0.15) is 23.7 Å². The molecule has 0 bridgehead atoms. The maximum atomic E-state index is 11.6. The van der Waals surface area contributed by atoms with E-state index in [9.17, 15) is 4.79 Å². The number of ketones is 1. The Hall–Kier alpha value is -1.12. The topological polar surface area (TPSA) is 25.9 Å². The molecule has 90 valence electrons. The highest BCUT2D eigenvalue weighted by atomic mass is 16.1. The van der Waals surface area contributed by atoms with Gasteiger partial charge < -0.3 is 0 Å². The number of carbonyl (C=O) groups excluding carboxylic acids is 1. The molecule has 0 aliphatic carbocycles. The number of hydrogen-bond acceptors (Lipinski definition) is 1. The SMILES string of the molecule is CC(=O)C(C)(C)CC(C)(C)n1cc[n+](C)c1. The maximum Gasteiger partial charge on any atom is 0.243 e. The number of aryl methyl sites for hydroxylation is 1. The van der Waals surface area contributed by atoms with Gasteiger partial charge in [-0.05, 0) is 20.8 Å². The molecular formula is C13H23N2O+. The van der Waals surface area contributed by atoms with Crippen molar-refractivity contribution < 1.29 is 9.36 Å². The fourth-order valence-corrected chi connectivity index (χ4v) is 2.11. The van der Waals surface area contributed by atoms with E-state index in [-0.39, 0.29) is 16.7 Å². The third kappa shape index (κ3) is 2.71. The average Bonchev–Trinajstić information content (AvgIpc) is 2.50. The molecular weight excluding hydrogens is 200 g/mol. The second-order valence-corrected chi connectivity index (χ2v) is 5.92. The van der Waals surface area contributed by atoms with Crippen molar-refractivity contribution in [3.05, 3.63) is 18.7 Å². The Morgan fingerprint density at radius 2 is 1.88 bits per heavy atom. The van der Waals surface area contributed by atoms with Crippen LogP contribution >= 0.6 is 0 Å². The number of rotatable bonds is 4. The zero-order valence-electron chi connectivity index (χ0n) is 11.2. The Balaban J connectivity index is 2.91. The highest BCUT2D eigenvalue weighted by Crippen LogP contribution is 2.32. The number of Topliss-reactive ketones (excluding diaryl/α,β-unsaturated/α-hetero) is 1. The summed E-state index contributed by atoms with van der Waals surface area (Å²) in [7, 11) is 2.00. The summed E-state index contributed by atoms with van der Waals surface area (Å²) in [5.41, 5.74) is -0.317. The molecule has 0 aliphatic rings. The molecule has 3 nitrogen and oxygen atoms in total. The number of carbonyl (C=O) groups is 1. The molecule has 0 N–H and O–H groups in total.